The van der Waals surface area contributed by atoms with E-state index in [0.29, 0.717) is 10.9 Å². The molecule has 0 aliphatic rings. The molecule has 1 unspecified atom stereocenters. The first-order valence-corrected chi connectivity index (χ1v) is 9.86. The number of halogens is 3. The largest absolute Gasteiger partial charge is 0.416 e. The summed E-state index contributed by atoms with van der Waals surface area (Å²) in [5, 5.41) is 16.6. The van der Waals surface area contributed by atoms with Crippen molar-refractivity contribution >= 4 is 16.8 Å². The number of fused-ring (bicyclic) bond motifs is 1. The number of amides is 1. The van der Waals surface area contributed by atoms with E-state index in [9.17, 15) is 23.1 Å². The van der Waals surface area contributed by atoms with Crippen LogP contribution in [0.3, 0.4) is 0 Å². The minimum Gasteiger partial charge on any atom is -0.394 e. The van der Waals surface area contributed by atoms with Crippen molar-refractivity contribution in [3.8, 4) is 11.4 Å². The Morgan fingerprint density at radius 3 is 2.66 bits per heavy atom. The average molecular weight is 446 g/mol. The highest BCUT2D eigenvalue weighted by Crippen LogP contribution is 2.31. The number of carbonyl (C=O) groups is 1. The molecule has 10 heteroatoms. The number of alkyl halides is 3. The fourth-order valence-corrected chi connectivity index (χ4v) is 3.01. The molecule has 3 N–H and O–H groups in total. The van der Waals surface area contributed by atoms with E-state index in [1.807, 2.05) is 26.0 Å². The Hall–Kier alpha value is -3.66. The fraction of sp³-hybridized carbons (Fsp3) is 0.227. The van der Waals surface area contributed by atoms with Crippen LogP contribution in [0.15, 0.2) is 59.3 Å². The van der Waals surface area contributed by atoms with Gasteiger partial charge in [-0.2, -0.15) is 18.2 Å². The molecule has 2 aromatic heterocycles. The number of hydrogen-bond donors (Lipinski definition) is 3. The molecular weight excluding hydrogens is 425 g/mol. The Kier molecular flexibility index (Phi) is 6.94. The molecule has 0 saturated carbocycles. The zero-order valence-electron chi connectivity index (χ0n) is 17.3. The van der Waals surface area contributed by atoms with Gasteiger partial charge < -0.3 is 19.9 Å². The zero-order chi connectivity index (χ0) is 23.3. The lowest BCUT2D eigenvalue weighted by atomic mass is 10.1. The van der Waals surface area contributed by atoms with Crippen LogP contribution in [0.25, 0.3) is 22.3 Å². The molecular formula is C22H21F3N4O3. The van der Waals surface area contributed by atoms with Crippen LogP contribution in [0.4, 0.5) is 13.2 Å². The summed E-state index contributed by atoms with van der Waals surface area (Å²) in [5.41, 5.74) is 0.381. The third-order valence-corrected chi connectivity index (χ3v) is 4.51. The standard InChI is InChI=1S/C20H15F3N4O3.C2H6/c21-20(22,23)12-5-3-4-11(8-12)17-26-19(30-27-17)16(10-28)25-18(29)14-9-24-15-7-2-1-6-13(14)15;1-2/h1-9,16,24,28H,10H2,(H,25,29);1-2H3. The van der Waals surface area contributed by atoms with Crippen molar-refractivity contribution in [1.29, 1.82) is 0 Å². The van der Waals surface area contributed by atoms with Gasteiger partial charge in [0, 0.05) is 22.7 Å². The summed E-state index contributed by atoms with van der Waals surface area (Å²) < 4.78 is 43.8. The molecule has 1 atom stereocenters. The molecule has 4 aromatic rings. The summed E-state index contributed by atoms with van der Waals surface area (Å²) in [6.45, 7) is 3.46. The van der Waals surface area contributed by atoms with Crippen molar-refractivity contribution in [1.82, 2.24) is 20.4 Å². The molecule has 2 aromatic carbocycles. The molecule has 32 heavy (non-hydrogen) atoms. The van der Waals surface area contributed by atoms with Crippen LogP contribution in [0.1, 0.15) is 41.7 Å². The minimum atomic E-state index is -4.51. The van der Waals surface area contributed by atoms with E-state index < -0.39 is 30.3 Å². The second-order valence-electron chi connectivity index (χ2n) is 6.49. The number of benzene rings is 2. The van der Waals surface area contributed by atoms with E-state index in [2.05, 4.69) is 20.4 Å². The van der Waals surface area contributed by atoms with Crippen LogP contribution in [-0.4, -0.2) is 32.7 Å². The molecule has 0 aliphatic heterocycles. The summed E-state index contributed by atoms with van der Waals surface area (Å²) in [5.74, 6) is -0.695. The summed E-state index contributed by atoms with van der Waals surface area (Å²) in [6, 6.07) is 10.6. The number of H-pyrrole nitrogens is 1. The topological polar surface area (TPSA) is 104 Å². The third-order valence-electron chi connectivity index (χ3n) is 4.51. The molecule has 0 fully saturated rings. The van der Waals surface area contributed by atoms with E-state index in [-0.39, 0.29) is 17.3 Å². The molecule has 0 saturated heterocycles. The number of rotatable bonds is 5. The first-order chi connectivity index (χ1) is 15.4. The van der Waals surface area contributed by atoms with E-state index in [4.69, 9.17) is 4.52 Å². The van der Waals surface area contributed by atoms with Crippen LogP contribution >= 0.6 is 0 Å². The highest BCUT2D eigenvalue weighted by Gasteiger charge is 2.31. The number of aliphatic hydroxyl groups is 1. The molecule has 168 valence electrons. The van der Waals surface area contributed by atoms with Gasteiger partial charge in [0.05, 0.1) is 17.7 Å². The van der Waals surface area contributed by atoms with Gasteiger partial charge in [-0.05, 0) is 18.2 Å². The highest BCUT2D eigenvalue weighted by atomic mass is 19.4. The molecule has 0 spiro atoms. The zero-order valence-corrected chi connectivity index (χ0v) is 17.3. The van der Waals surface area contributed by atoms with Crippen molar-refractivity contribution in [3.63, 3.8) is 0 Å². The number of carbonyl (C=O) groups excluding carboxylic acids is 1. The smallest absolute Gasteiger partial charge is 0.394 e. The van der Waals surface area contributed by atoms with E-state index in [0.717, 1.165) is 17.6 Å². The number of nitrogens with zero attached hydrogens (tertiary/aromatic N) is 2. The summed E-state index contributed by atoms with van der Waals surface area (Å²) >= 11 is 0. The quantitative estimate of drug-likeness (QED) is 0.411. The number of aromatic amines is 1. The van der Waals surface area contributed by atoms with Gasteiger partial charge in [0.2, 0.25) is 5.82 Å². The Balaban J connectivity index is 0.00000141. The van der Waals surface area contributed by atoms with Crippen LogP contribution < -0.4 is 5.32 Å². The van der Waals surface area contributed by atoms with Crippen molar-refractivity contribution in [3.05, 3.63) is 71.7 Å². The van der Waals surface area contributed by atoms with Gasteiger partial charge >= 0.3 is 6.18 Å². The summed E-state index contributed by atoms with van der Waals surface area (Å²) in [6.07, 6.45) is -2.97. The van der Waals surface area contributed by atoms with E-state index in [1.165, 1.54) is 18.3 Å². The molecule has 0 aliphatic carbocycles. The predicted molar refractivity (Wildman–Crippen MR) is 112 cm³/mol. The Morgan fingerprint density at radius 1 is 1.19 bits per heavy atom. The Labute approximate surface area is 181 Å². The normalized spacial score (nSPS) is 12.2. The lowest BCUT2D eigenvalue weighted by Gasteiger charge is -2.11. The minimum absolute atomic E-state index is 0.0871. The van der Waals surface area contributed by atoms with Crippen LogP contribution in [0, 0.1) is 0 Å². The number of nitrogens with one attached hydrogen (secondary N) is 2. The average Bonchev–Trinajstić information content (AvgIpc) is 3.46. The molecule has 0 radical (unpaired) electrons. The number of para-hydroxylation sites is 1. The van der Waals surface area contributed by atoms with Crippen LogP contribution in [0.5, 0.6) is 0 Å². The van der Waals surface area contributed by atoms with Crippen LogP contribution in [0.2, 0.25) is 0 Å². The van der Waals surface area contributed by atoms with E-state index >= 15 is 0 Å². The molecule has 2 heterocycles. The first-order valence-electron chi connectivity index (χ1n) is 9.86. The lowest BCUT2D eigenvalue weighted by Crippen LogP contribution is -2.30. The van der Waals surface area contributed by atoms with Crippen molar-refractivity contribution in [2.24, 2.45) is 0 Å². The van der Waals surface area contributed by atoms with Gasteiger partial charge in [0.15, 0.2) is 0 Å². The maximum absolute atomic E-state index is 12.9. The first kappa shape index (κ1) is 23.0. The summed E-state index contributed by atoms with van der Waals surface area (Å²) in [4.78, 5) is 19.7. The lowest BCUT2D eigenvalue weighted by molar-refractivity contribution is -0.137. The fourth-order valence-electron chi connectivity index (χ4n) is 3.01. The Morgan fingerprint density at radius 2 is 1.94 bits per heavy atom. The van der Waals surface area contributed by atoms with Crippen molar-refractivity contribution < 1.29 is 27.6 Å². The second kappa shape index (κ2) is 9.65. The predicted octanol–water partition coefficient (Wildman–Crippen LogP) is 4.73. The van der Waals surface area contributed by atoms with E-state index in [1.54, 1.807) is 12.1 Å². The number of aliphatic hydroxyl groups excluding tert-OH is 1. The second-order valence-corrected chi connectivity index (χ2v) is 6.49. The van der Waals surface area contributed by atoms with Gasteiger partial charge in [-0.1, -0.05) is 49.3 Å². The monoisotopic (exact) mass is 446 g/mol. The maximum Gasteiger partial charge on any atom is 0.416 e. The Bertz CT molecular complexity index is 1200. The van der Waals surface area contributed by atoms with Gasteiger partial charge in [0.1, 0.15) is 6.04 Å². The van der Waals surface area contributed by atoms with Crippen molar-refractivity contribution in [2.75, 3.05) is 6.61 Å². The molecule has 7 nitrogen and oxygen atoms in total. The highest BCUT2D eigenvalue weighted by molar-refractivity contribution is 6.06. The number of aromatic nitrogens is 3. The molecule has 4 rings (SSSR count). The third kappa shape index (κ3) is 4.80. The van der Waals surface area contributed by atoms with Gasteiger partial charge in [-0.3, -0.25) is 4.79 Å². The molecule has 0 bridgehead atoms. The van der Waals surface area contributed by atoms with Crippen LogP contribution in [-0.2, 0) is 6.18 Å². The SMILES string of the molecule is CC.O=C(NC(CO)c1nc(-c2cccc(C(F)(F)F)c2)no1)c1c[nH]c2ccccc12. The summed E-state index contributed by atoms with van der Waals surface area (Å²) in [7, 11) is 0. The molecule has 1 amide bonds. The van der Waals surface area contributed by atoms with Gasteiger partial charge in [-0.25, -0.2) is 0 Å². The van der Waals surface area contributed by atoms with Crippen molar-refractivity contribution in [2.45, 2.75) is 26.1 Å². The van der Waals surface area contributed by atoms with Gasteiger partial charge in [0.25, 0.3) is 11.8 Å². The maximum atomic E-state index is 12.9. The van der Waals surface area contributed by atoms with Gasteiger partial charge in [-0.15, -0.1) is 0 Å². The number of hydrogen-bond acceptors (Lipinski definition) is 5.